The van der Waals surface area contributed by atoms with Crippen LogP contribution in [-0.2, 0) is 19.7 Å². The van der Waals surface area contributed by atoms with Gasteiger partial charge in [-0.15, -0.1) is 0 Å². The average Bonchev–Trinajstić information content (AvgIpc) is 2.51. The minimum Gasteiger partial charge on any atom is -0.452 e. The molecular formula is C7H12N2O5S. The van der Waals surface area contributed by atoms with Crippen molar-refractivity contribution in [3.63, 3.8) is 0 Å². The van der Waals surface area contributed by atoms with Crippen LogP contribution >= 0.6 is 0 Å². The van der Waals surface area contributed by atoms with Crippen LogP contribution in [0.15, 0.2) is 0 Å². The Labute approximate surface area is 87.8 Å². The van der Waals surface area contributed by atoms with Gasteiger partial charge >= 0.3 is 16.3 Å². The largest absolute Gasteiger partial charge is 0.452 e. The smallest absolute Gasteiger partial charge is 0.424 e. The van der Waals surface area contributed by atoms with E-state index in [1.54, 1.807) is 6.92 Å². The highest BCUT2D eigenvalue weighted by Gasteiger charge is 2.42. The second-order valence-electron chi connectivity index (χ2n) is 2.87. The fourth-order valence-electron chi connectivity index (χ4n) is 1.25. The topological polar surface area (TPSA) is 84.0 Å². The normalized spacial score (nSPS) is 19.1. The second kappa shape index (κ2) is 4.05. The zero-order chi connectivity index (χ0) is 11.6. The van der Waals surface area contributed by atoms with Crippen LogP contribution in [0.3, 0.4) is 0 Å². The van der Waals surface area contributed by atoms with Crippen molar-refractivity contribution >= 4 is 22.2 Å². The number of nitrogens with zero attached hydrogens (tertiary/aromatic N) is 2. The Hall–Kier alpha value is -1.31. The standard InChI is InChI=1S/C7H12N2O5S/c1-3-6(10)8-4-5-9(7(11)14-2)15(8,12)13/h3-5H2,1-2H3. The second-order valence-corrected chi connectivity index (χ2v) is 4.65. The molecule has 0 unspecified atom stereocenters. The van der Waals surface area contributed by atoms with Crippen LogP contribution in [0.4, 0.5) is 4.79 Å². The van der Waals surface area contributed by atoms with E-state index < -0.39 is 22.2 Å². The maximum atomic E-state index is 11.6. The number of ether oxygens (including phenoxy) is 1. The molecule has 0 aromatic rings. The van der Waals surface area contributed by atoms with Gasteiger partial charge in [0.05, 0.1) is 20.2 Å². The maximum absolute atomic E-state index is 11.6. The lowest BCUT2D eigenvalue weighted by atomic mass is 10.4. The van der Waals surface area contributed by atoms with Crippen molar-refractivity contribution in [2.24, 2.45) is 0 Å². The highest BCUT2D eigenvalue weighted by molar-refractivity contribution is 7.88. The molecule has 1 rings (SSSR count). The van der Waals surface area contributed by atoms with Crippen molar-refractivity contribution in [2.45, 2.75) is 13.3 Å². The van der Waals surface area contributed by atoms with E-state index in [0.29, 0.717) is 8.61 Å². The van der Waals surface area contributed by atoms with Gasteiger partial charge in [-0.05, 0) is 0 Å². The molecule has 86 valence electrons. The number of methoxy groups -OCH3 is 1. The summed E-state index contributed by atoms with van der Waals surface area (Å²) in [4.78, 5) is 22.3. The molecule has 1 saturated heterocycles. The van der Waals surface area contributed by atoms with Crippen LogP contribution in [-0.4, -0.2) is 49.2 Å². The summed E-state index contributed by atoms with van der Waals surface area (Å²) in [6, 6.07) is 0. The number of carbonyl (C=O) groups is 2. The number of amides is 2. The van der Waals surface area contributed by atoms with Gasteiger partial charge in [0.15, 0.2) is 0 Å². The Kier molecular flexibility index (Phi) is 3.18. The molecule has 2 amide bonds. The summed E-state index contributed by atoms with van der Waals surface area (Å²) < 4.78 is 28.8. The monoisotopic (exact) mass is 236 g/mol. The molecule has 0 saturated carbocycles. The van der Waals surface area contributed by atoms with Gasteiger partial charge in [-0.25, -0.2) is 9.10 Å². The summed E-state index contributed by atoms with van der Waals surface area (Å²) in [5.74, 6) is -0.526. The first-order valence-corrected chi connectivity index (χ1v) is 5.76. The first-order chi connectivity index (χ1) is 6.95. The van der Waals surface area contributed by atoms with E-state index >= 15 is 0 Å². The minimum atomic E-state index is -4.01. The van der Waals surface area contributed by atoms with E-state index in [0.717, 1.165) is 7.11 Å². The number of carbonyl (C=O) groups excluding carboxylic acids is 2. The SMILES string of the molecule is CCC(=O)N1CCN(C(=O)OC)S1(=O)=O. The van der Waals surface area contributed by atoms with Gasteiger partial charge in [-0.3, -0.25) is 4.79 Å². The van der Waals surface area contributed by atoms with Crippen LogP contribution in [0.5, 0.6) is 0 Å². The lowest BCUT2D eigenvalue weighted by molar-refractivity contribution is -0.125. The fourth-order valence-corrected chi connectivity index (χ4v) is 2.76. The van der Waals surface area contributed by atoms with Crippen molar-refractivity contribution in [3.05, 3.63) is 0 Å². The summed E-state index contributed by atoms with van der Waals surface area (Å²) in [5, 5.41) is 0. The van der Waals surface area contributed by atoms with Crippen molar-refractivity contribution in [3.8, 4) is 0 Å². The van der Waals surface area contributed by atoms with E-state index in [2.05, 4.69) is 4.74 Å². The highest BCUT2D eigenvalue weighted by atomic mass is 32.2. The van der Waals surface area contributed by atoms with Gasteiger partial charge in [0, 0.05) is 6.42 Å². The molecule has 0 bridgehead atoms. The van der Waals surface area contributed by atoms with E-state index in [1.165, 1.54) is 0 Å². The Balaban J connectivity index is 2.95. The summed E-state index contributed by atoms with van der Waals surface area (Å²) in [7, 11) is -2.92. The van der Waals surface area contributed by atoms with Crippen molar-refractivity contribution in [1.29, 1.82) is 0 Å². The Bertz CT molecular complexity index is 347. The first-order valence-electron chi connectivity index (χ1n) is 4.36. The zero-order valence-corrected chi connectivity index (χ0v) is 9.28. The van der Waals surface area contributed by atoms with Gasteiger partial charge in [0.2, 0.25) is 5.91 Å². The van der Waals surface area contributed by atoms with Gasteiger partial charge in [0.1, 0.15) is 0 Å². The van der Waals surface area contributed by atoms with Gasteiger partial charge in [0.25, 0.3) is 0 Å². The summed E-state index contributed by atoms with van der Waals surface area (Å²) in [5.41, 5.74) is 0. The van der Waals surface area contributed by atoms with Crippen LogP contribution in [0.1, 0.15) is 13.3 Å². The molecule has 0 spiro atoms. The molecule has 1 aliphatic rings. The van der Waals surface area contributed by atoms with Crippen molar-refractivity contribution in [1.82, 2.24) is 8.61 Å². The van der Waals surface area contributed by atoms with Gasteiger partial charge in [-0.2, -0.15) is 12.7 Å². The fraction of sp³-hybridized carbons (Fsp3) is 0.714. The van der Waals surface area contributed by atoms with Crippen LogP contribution in [0.2, 0.25) is 0 Å². The molecule has 8 heteroatoms. The molecule has 0 N–H and O–H groups in total. The Morgan fingerprint density at radius 2 is 1.80 bits per heavy atom. The molecule has 1 fully saturated rings. The van der Waals surface area contributed by atoms with Crippen LogP contribution in [0, 0.1) is 0 Å². The average molecular weight is 236 g/mol. The molecule has 1 heterocycles. The molecule has 0 aromatic carbocycles. The molecule has 7 nitrogen and oxygen atoms in total. The summed E-state index contributed by atoms with van der Waals surface area (Å²) >= 11 is 0. The molecule has 0 radical (unpaired) electrons. The summed E-state index contributed by atoms with van der Waals surface area (Å²) in [6.07, 6.45) is -0.893. The number of hydrogen-bond acceptors (Lipinski definition) is 5. The third-order valence-corrected chi connectivity index (χ3v) is 3.85. The van der Waals surface area contributed by atoms with Crippen molar-refractivity contribution < 1.29 is 22.7 Å². The maximum Gasteiger partial charge on any atom is 0.424 e. The first kappa shape index (κ1) is 11.8. The highest BCUT2D eigenvalue weighted by Crippen LogP contribution is 2.18. The number of hydrogen-bond donors (Lipinski definition) is 0. The molecule has 1 aliphatic heterocycles. The molecule has 15 heavy (non-hydrogen) atoms. The lowest BCUT2D eigenvalue weighted by Gasteiger charge is -2.16. The minimum absolute atomic E-state index is 0.00981. The lowest BCUT2D eigenvalue weighted by Crippen LogP contribution is -2.39. The molecular weight excluding hydrogens is 224 g/mol. The van der Waals surface area contributed by atoms with E-state index in [1.807, 2.05) is 0 Å². The number of rotatable bonds is 1. The predicted molar refractivity (Wildman–Crippen MR) is 50.0 cm³/mol. The van der Waals surface area contributed by atoms with Gasteiger partial charge < -0.3 is 4.74 Å². The van der Waals surface area contributed by atoms with E-state index in [4.69, 9.17) is 0 Å². The third kappa shape index (κ3) is 1.89. The van der Waals surface area contributed by atoms with Crippen molar-refractivity contribution in [2.75, 3.05) is 20.2 Å². The molecule has 0 aliphatic carbocycles. The molecule has 0 atom stereocenters. The third-order valence-electron chi connectivity index (χ3n) is 2.02. The van der Waals surface area contributed by atoms with Gasteiger partial charge in [-0.1, -0.05) is 6.92 Å². The summed E-state index contributed by atoms with van der Waals surface area (Å²) in [6.45, 7) is 1.49. The quantitative estimate of drug-likeness (QED) is 0.615. The Morgan fingerprint density at radius 3 is 2.27 bits per heavy atom. The van der Waals surface area contributed by atoms with E-state index in [-0.39, 0.29) is 19.5 Å². The van der Waals surface area contributed by atoms with E-state index in [9.17, 15) is 18.0 Å². The predicted octanol–water partition coefficient (Wildman–Crippen LogP) is -0.448. The Morgan fingerprint density at radius 1 is 1.27 bits per heavy atom. The molecule has 0 aromatic heterocycles. The van der Waals surface area contributed by atoms with Crippen LogP contribution < -0.4 is 0 Å². The zero-order valence-electron chi connectivity index (χ0n) is 8.47. The van der Waals surface area contributed by atoms with Crippen LogP contribution in [0.25, 0.3) is 0 Å².